The molecule has 5 rings (SSSR count). The smallest absolute Gasteiger partial charge is 0.123 e. The highest BCUT2D eigenvalue weighted by Crippen LogP contribution is 2.44. The fourth-order valence-electron chi connectivity index (χ4n) is 4.55. The molecule has 2 heteroatoms. The molecular formula is C24H20FN. The fourth-order valence-corrected chi connectivity index (χ4v) is 4.55. The molecule has 2 aliphatic carbocycles. The van der Waals surface area contributed by atoms with Crippen LogP contribution in [-0.2, 0) is 19.3 Å². The van der Waals surface area contributed by atoms with Crippen LogP contribution in [0.2, 0.25) is 0 Å². The summed E-state index contributed by atoms with van der Waals surface area (Å²) in [5.74, 6) is 0.217. The minimum atomic E-state index is -0.156. The third-order valence-electron chi connectivity index (χ3n) is 5.75. The van der Waals surface area contributed by atoms with Crippen LogP contribution in [0.1, 0.15) is 40.2 Å². The molecule has 128 valence electrons. The van der Waals surface area contributed by atoms with E-state index in [9.17, 15) is 4.39 Å². The zero-order chi connectivity index (χ0) is 17.5. The number of nitrogens with zero attached hydrogens (tertiary/aromatic N) is 1. The van der Waals surface area contributed by atoms with Gasteiger partial charge in [0.1, 0.15) is 5.82 Å². The lowest BCUT2D eigenvalue weighted by Crippen LogP contribution is -2.17. The number of pyridine rings is 1. The topological polar surface area (TPSA) is 12.9 Å². The molecule has 0 spiro atoms. The monoisotopic (exact) mass is 341 g/mol. The van der Waals surface area contributed by atoms with Crippen molar-refractivity contribution < 1.29 is 4.39 Å². The van der Waals surface area contributed by atoms with Crippen LogP contribution in [-0.4, -0.2) is 4.98 Å². The Hall–Kier alpha value is -2.74. The molecule has 2 aliphatic rings. The first-order chi connectivity index (χ1) is 12.8. The highest BCUT2D eigenvalue weighted by Gasteiger charge is 2.28. The highest BCUT2D eigenvalue weighted by atomic mass is 19.1. The molecule has 0 radical (unpaired) electrons. The molecule has 26 heavy (non-hydrogen) atoms. The summed E-state index contributed by atoms with van der Waals surface area (Å²) < 4.78 is 14.1. The standard InChI is InChI=1S/C24H20FN/c25-19-6-8-21-18(13-16-9-11-26-12-10-16)14-23-20-4-2-1-3-17(20)5-7-22(23)24(21)15-19/h1,3,5-12,15,18H,2,4,13-14H2. The van der Waals surface area contributed by atoms with E-state index in [0.29, 0.717) is 5.92 Å². The number of hydrogen-bond donors (Lipinski definition) is 0. The number of hydrogen-bond acceptors (Lipinski definition) is 1. The van der Waals surface area contributed by atoms with E-state index in [1.807, 2.05) is 18.5 Å². The molecule has 1 unspecified atom stereocenters. The van der Waals surface area contributed by atoms with Gasteiger partial charge in [-0.15, -0.1) is 0 Å². The molecule has 1 atom stereocenters. The molecule has 0 saturated carbocycles. The number of rotatable bonds is 2. The van der Waals surface area contributed by atoms with Gasteiger partial charge in [-0.2, -0.15) is 0 Å². The van der Waals surface area contributed by atoms with Crippen LogP contribution in [0.25, 0.3) is 17.2 Å². The number of fused-ring (bicyclic) bond motifs is 5. The molecule has 1 nitrogen and oxygen atoms in total. The van der Waals surface area contributed by atoms with E-state index in [1.54, 1.807) is 12.1 Å². The maximum Gasteiger partial charge on any atom is 0.123 e. The van der Waals surface area contributed by atoms with Gasteiger partial charge < -0.3 is 0 Å². The maximum atomic E-state index is 14.1. The van der Waals surface area contributed by atoms with Crippen molar-refractivity contribution in [1.82, 2.24) is 4.98 Å². The van der Waals surface area contributed by atoms with Gasteiger partial charge >= 0.3 is 0 Å². The zero-order valence-corrected chi connectivity index (χ0v) is 14.6. The molecule has 0 bridgehead atoms. The van der Waals surface area contributed by atoms with Gasteiger partial charge in [-0.3, -0.25) is 4.98 Å². The van der Waals surface area contributed by atoms with E-state index in [1.165, 1.54) is 33.4 Å². The maximum absolute atomic E-state index is 14.1. The number of halogens is 1. The molecule has 0 fully saturated rings. The minimum absolute atomic E-state index is 0.156. The summed E-state index contributed by atoms with van der Waals surface area (Å²) in [5.41, 5.74) is 9.05. The average Bonchev–Trinajstić information content (AvgIpc) is 2.68. The Morgan fingerprint density at radius 3 is 2.73 bits per heavy atom. The molecule has 2 aromatic carbocycles. The van der Waals surface area contributed by atoms with Crippen LogP contribution in [0.5, 0.6) is 0 Å². The molecular weight excluding hydrogens is 321 g/mol. The lowest BCUT2D eigenvalue weighted by atomic mass is 9.73. The summed E-state index contributed by atoms with van der Waals surface area (Å²) in [6, 6.07) is 13.9. The van der Waals surface area contributed by atoms with Gasteiger partial charge in [0.15, 0.2) is 0 Å². The number of aromatic nitrogens is 1. The SMILES string of the molecule is Fc1ccc2c(c1)-c1ccc3c(c1CC2Cc1ccncc1)CCC=C3. The Bertz CT molecular complexity index is 1000. The van der Waals surface area contributed by atoms with E-state index >= 15 is 0 Å². The van der Waals surface area contributed by atoms with Crippen LogP contribution >= 0.6 is 0 Å². The van der Waals surface area contributed by atoms with Crippen molar-refractivity contribution in [2.24, 2.45) is 0 Å². The number of benzene rings is 2. The lowest BCUT2D eigenvalue weighted by molar-refractivity contribution is 0.620. The first kappa shape index (κ1) is 15.5. The second-order valence-electron chi connectivity index (χ2n) is 7.29. The predicted molar refractivity (Wildman–Crippen MR) is 104 cm³/mol. The Labute approximate surface area is 153 Å². The lowest BCUT2D eigenvalue weighted by Gasteiger charge is -2.31. The quantitative estimate of drug-likeness (QED) is 0.580. The molecule has 1 aromatic heterocycles. The Balaban J connectivity index is 1.66. The van der Waals surface area contributed by atoms with E-state index in [0.717, 1.165) is 31.2 Å². The van der Waals surface area contributed by atoms with E-state index in [4.69, 9.17) is 0 Å². The first-order valence-corrected chi connectivity index (χ1v) is 9.29. The van der Waals surface area contributed by atoms with Gasteiger partial charge in [-0.1, -0.05) is 30.4 Å². The Morgan fingerprint density at radius 2 is 1.85 bits per heavy atom. The zero-order valence-electron chi connectivity index (χ0n) is 14.6. The van der Waals surface area contributed by atoms with E-state index < -0.39 is 0 Å². The predicted octanol–water partition coefficient (Wildman–Crippen LogP) is 5.73. The Morgan fingerprint density at radius 1 is 0.962 bits per heavy atom. The average molecular weight is 341 g/mol. The van der Waals surface area contributed by atoms with Crippen LogP contribution in [0.15, 0.2) is 60.9 Å². The molecule has 0 amide bonds. The fraction of sp³-hybridized carbons (Fsp3) is 0.208. The van der Waals surface area contributed by atoms with Gasteiger partial charge in [0.05, 0.1) is 0 Å². The van der Waals surface area contributed by atoms with Crippen molar-refractivity contribution in [3.63, 3.8) is 0 Å². The second kappa shape index (κ2) is 6.21. The summed E-state index contributed by atoms with van der Waals surface area (Å²) >= 11 is 0. The van der Waals surface area contributed by atoms with Crippen molar-refractivity contribution in [1.29, 1.82) is 0 Å². The number of allylic oxidation sites excluding steroid dienone is 1. The van der Waals surface area contributed by atoms with Crippen LogP contribution in [0, 0.1) is 5.82 Å². The van der Waals surface area contributed by atoms with Crippen molar-refractivity contribution in [3.05, 3.63) is 94.6 Å². The van der Waals surface area contributed by atoms with Gasteiger partial charge in [0.2, 0.25) is 0 Å². The molecule has 3 aromatic rings. The molecule has 1 heterocycles. The van der Waals surface area contributed by atoms with Crippen molar-refractivity contribution in [2.45, 2.75) is 31.6 Å². The largest absolute Gasteiger partial charge is 0.265 e. The van der Waals surface area contributed by atoms with Crippen molar-refractivity contribution in [3.8, 4) is 11.1 Å². The van der Waals surface area contributed by atoms with E-state index in [2.05, 4.69) is 41.4 Å². The summed E-state index contributed by atoms with van der Waals surface area (Å²) in [5, 5.41) is 0. The third-order valence-corrected chi connectivity index (χ3v) is 5.75. The Kier molecular flexibility index (Phi) is 3.70. The molecule has 0 aliphatic heterocycles. The van der Waals surface area contributed by atoms with Crippen molar-refractivity contribution in [2.75, 3.05) is 0 Å². The van der Waals surface area contributed by atoms with Gasteiger partial charge in [0, 0.05) is 12.4 Å². The second-order valence-corrected chi connectivity index (χ2v) is 7.29. The highest BCUT2D eigenvalue weighted by molar-refractivity contribution is 5.78. The van der Waals surface area contributed by atoms with Gasteiger partial charge in [-0.05, 0) is 94.8 Å². The van der Waals surface area contributed by atoms with Crippen molar-refractivity contribution >= 4 is 6.08 Å². The molecule has 0 N–H and O–H groups in total. The minimum Gasteiger partial charge on any atom is -0.265 e. The van der Waals surface area contributed by atoms with Crippen LogP contribution in [0.3, 0.4) is 0 Å². The summed E-state index contributed by atoms with van der Waals surface area (Å²) in [4.78, 5) is 4.13. The van der Waals surface area contributed by atoms with Gasteiger partial charge in [-0.25, -0.2) is 4.39 Å². The van der Waals surface area contributed by atoms with Crippen LogP contribution < -0.4 is 0 Å². The first-order valence-electron chi connectivity index (χ1n) is 9.29. The van der Waals surface area contributed by atoms with E-state index in [-0.39, 0.29) is 5.82 Å². The normalized spacial score (nSPS) is 17.3. The van der Waals surface area contributed by atoms with Gasteiger partial charge in [0.25, 0.3) is 0 Å². The summed E-state index contributed by atoms with van der Waals surface area (Å²) in [7, 11) is 0. The summed E-state index contributed by atoms with van der Waals surface area (Å²) in [6.07, 6.45) is 12.3. The molecule has 0 saturated heterocycles. The summed E-state index contributed by atoms with van der Waals surface area (Å²) in [6.45, 7) is 0. The van der Waals surface area contributed by atoms with Crippen LogP contribution in [0.4, 0.5) is 4.39 Å². The third kappa shape index (κ3) is 2.57.